The lowest BCUT2D eigenvalue weighted by Gasteiger charge is -2.49. The van der Waals surface area contributed by atoms with Gasteiger partial charge >= 0.3 is 11.7 Å². The average molecular weight is 395 g/mol. The van der Waals surface area contributed by atoms with Crippen molar-refractivity contribution in [2.24, 2.45) is 5.92 Å². The Kier molecular flexibility index (Phi) is 4.91. The number of thioether (sulfide) groups is 1. The SMILES string of the molecule is CC1=C(C(=O)O)N2C(=O)[C@@H](NC(=O)[C@H](C)Cn3cc([N+](=O)[O-])cn3)[C@@H]2SC1. The fraction of sp³-hybridized carbons (Fsp3) is 0.467. The number of carbonyl (C=O) groups is 3. The molecule has 3 atom stereocenters. The highest BCUT2D eigenvalue weighted by Gasteiger charge is 2.53. The third kappa shape index (κ3) is 3.39. The minimum atomic E-state index is -1.16. The van der Waals surface area contributed by atoms with Crippen LogP contribution < -0.4 is 5.32 Å². The van der Waals surface area contributed by atoms with E-state index in [0.717, 1.165) is 6.20 Å². The van der Waals surface area contributed by atoms with Crippen LogP contribution in [0.1, 0.15) is 13.8 Å². The first kappa shape index (κ1) is 18.9. The number of hydrogen-bond acceptors (Lipinski definition) is 7. The number of rotatable bonds is 6. The molecule has 12 heteroatoms. The zero-order valence-electron chi connectivity index (χ0n) is 14.5. The summed E-state index contributed by atoms with van der Waals surface area (Å²) in [6.07, 6.45) is 2.32. The molecule has 1 fully saturated rings. The van der Waals surface area contributed by atoms with Gasteiger partial charge in [-0.25, -0.2) is 4.79 Å². The van der Waals surface area contributed by atoms with Crippen molar-refractivity contribution >= 4 is 35.2 Å². The summed E-state index contributed by atoms with van der Waals surface area (Å²) in [5.74, 6) is -2.15. The number of carboxylic acid groups (broad SMARTS) is 1. The fourth-order valence-corrected chi connectivity index (χ4v) is 4.27. The summed E-state index contributed by atoms with van der Waals surface area (Å²) in [5.41, 5.74) is 0.413. The molecular weight excluding hydrogens is 378 g/mol. The van der Waals surface area contributed by atoms with Gasteiger partial charge in [0.1, 0.15) is 29.5 Å². The smallest absolute Gasteiger partial charge is 0.352 e. The first-order chi connectivity index (χ1) is 12.7. The number of carboxylic acids is 1. The molecule has 0 unspecified atom stereocenters. The summed E-state index contributed by atoms with van der Waals surface area (Å²) < 4.78 is 1.29. The number of aromatic nitrogens is 2. The van der Waals surface area contributed by atoms with Gasteiger partial charge in [-0.15, -0.1) is 11.8 Å². The number of fused-ring (bicyclic) bond motifs is 1. The standard InChI is InChI=1S/C15H17N5O6S/c1-7(4-18-5-9(3-16-18)20(25)26)12(21)17-10-13(22)19-11(15(23)24)8(2)6-27-14(10)19/h3,5,7,10,14H,4,6H2,1-2H3,(H,17,21)(H,23,24)/t7-,10-,14+/m1/s1. The molecule has 144 valence electrons. The van der Waals surface area contributed by atoms with Gasteiger partial charge in [-0.3, -0.25) is 29.3 Å². The summed E-state index contributed by atoms with van der Waals surface area (Å²) in [4.78, 5) is 47.4. The van der Waals surface area contributed by atoms with Crippen LogP contribution in [0.2, 0.25) is 0 Å². The molecule has 0 radical (unpaired) electrons. The van der Waals surface area contributed by atoms with Gasteiger partial charge in [-0.2, -0.15) is 5.10 Å². The lowest BCUT2D eigenvalue weighted by molar-refractivity contribution is -0.385. The Labute approximate surface area is 157 Å². The molecule has 1 saturated heterocycles. The highest BCUT2D eigenvalue weighted by Crippen LogP contribution is 2.40. The van der Waals surface area contributed by atoms with Crippen LogP contribution in [0.25, 0.3) is 0 Å². The van der Waals surface area contributed by atoms with Crippen molar-refractivity contribution < 1.29 is 24.4 Å². The van der Waals surface area contributed by atoms with E-state index in [2.05, 4.69) is 10.4 Å². The summed E-state index contributed by atoms with van der Waals surface area (Å²) >= 11 is 1.39. The molecule has 2 N–H and O–H groups in total. The molecule has 0 aliphatic carbocycles. The number of β-lactam (4-membered cyclic amide) rings is 1. The lowest BCUT2D eigenvalue weighted by atomic mass is 10.0. The van der Waals surface area contributed by atoms with E-state index in [1.165, 1.54) is 27.5 Å². The first-order valence-corrected chi connectivity index (χ1v) is 9.10. The molecule has 0 saturated carbocycles. The molecule has 2 amide bonds. The quantitative estimate of drug-likeness (QED) is 0.394. The van der Waals surface area contributed by atoms with Crippen molar-refractivity contribution in [3.8, 4) is 0 Å². The van der Waals surface area contributed by atoms with E-state index < -0.39 is 40.0 Å². The molecule has 3 rings (SSSR count). The van der Waals surface area contributed by atoms with E-state index in [1.807, 2.05) is 0 Å². The molecule has 0 aromatic carbocycles. The fourth-order valence-electron chi connectivity index (χ4n) is 2.98. The number of hydrogen-bond donors (Lipinski definition) is 2. The highest BCUT2D eigenvalue weighted by atomic mass is 32.2. The number of aliphatic carboxylic acids is 1. The molecule has 1 aromatic heterocycles. The highest BCUT2D eigenvalue weighted by molar-refractivity contribution is 8.00. The summed E-state index contributed by atoms with van der Waals surface area (Å²) in [6.45, 7) is 3.39. The summed E-state index contributed by atoms with van der Waals surface area (Å²) in [5, 5.41) is 26.0. The van der Waals surface area contributed by atoms with E-state index in [9.17, 15) is 29.6 Å². The van der Waals surface area contributed by atoms with Crippen LogP contribution >= 0.6 is 11.8 Å². The Morgan fingerprint density at radius 2 is 2.26 bits per heavy atom. The maximum Gasteiger partial charge on any atom is 0.352 e. The van der Waals surface area contributed by atoms with Crippen molar-refractivity contribution in [1.82, 2.24) is 20.0 Å². The summed E-state index contributed by atoms with van der Waals surface area (Å²) in [7, 11) is 0. The number of nitrogens with zero attached hydrogens (tertiary/aromatic N) is 4. The van der Waals surface area contributed by atoms with Gasteiger partial charge in [-0.05, 0) is 12.5 Å². The molecule has 3 heterocycles. The largest absolute Gasteiger partial charge is 0.477 e. The second-order valence-corrected chi connectivity index (χ2v) is 7.51. The number of carbonyl (C=O) groups excluding carboxylic acids is 2. The van der Waals surface area contributed by atoms with Crippen molar-refractivity contribution in [3.05, 3.63) is 33.8 Å². The Morgan fingerprint density at radius 3 is 2.85 bits per heavy atom. The van der Waals surface area contributed by atoms with E-state index in [0.29, 0.717) is 11.3 Å². The number of nitrogens with one attached hydrogen (secondary N) is 1. The van der Waals surface area contributed by atoms with Crippen LogP contribution in [0, 0.1) is 16.0 Å². The van der Waals surface area contributed by atoms with Gasteiger partial charge in [-0.1, -0.05) is 6.92 Å². The maximum atomic E-state index is 12.4. The Balaban J connectivity index is 1.62. The van der Waals surface area contributed by atoms with Crippen LogP contribution in [-0.4, -0.2) is 59.7 Å². The Hall–Kier alpha value is -2.89. The molecule has 2 aliphatic rings. The van der Waals surface area contributed by atoms with Gasteiger partial charge in [0, 0.05) is 5.75 Å². The predicted molar refractivity (Wildman–Crippen MR) is 93.4 cm³/mol. The second kappa shape index (κ2) is 7.02. The molecular formula is C15H17N5O6S. The predicted octanol–water partition coefficient (Wildman–Crippen LogP) is 0.186. The Bertz CT molecular complexity index is 865. The normalized spacial score (nSPS) is 22.7. The van der Waals surface area contributed by atoms with Gasteiger partial charge in [0.15, 0.2) is 0 Å². The van der Waals surface area contributed by atoms with Crippen LogP contribution in [0.15, 0.2) is 23.7 Å². The first-order valence-electron chi connectivity index (χ1n) is 8.05. The van der Waals surface area contributed by atoms with Crippen molar-refractivity contribution in [3.63, 3.8) is 0 Å². The van der Waals surface area contributed by atoms with Gasteiger partial charge in [0.2, 0.25) is 5.91 Å². The van der Waals surface area contributed by atoms with E-state index >= 15 is 0 Å². The van der Waals surface area contributed by atoms with Crippen molar-refractivity contribution in [1.29, 1.82) is 0 Å². The monoisotopic (exact) mass is 395 g/mol. The van der Waals surface area contributed by atoms with Crippen LogP contribution in [0.3, 0.4) is 0 Å². The molecule has 11 nitrogen and oxygen atoms in total. The molecule has 27 heavy (non-hydrogen) atoms. The molecule has 1 aromatic rings. The van der Waals surface area contributed by atoms with Crippen molar-refractivity contribution in [2.75, 3.05) is 5.75 Å². The molecule has 0 spiro atoms. The minimum absolute atomic E-state index is 0.0221. The maximum absolute atomic E-state index is 12.4. The van der Waals surface area contributed by atoms with Crippen molar-refractivity contribution in [2.45, 2.75) is 31.8 Å². The third-order valence-electron chi connectivity index (χ3n) is 4.40. The molecule has 2 aliphatic heterocycles. The second-order valence-electron chi connectivity index (χ2n) is 6.41. The zero-order valence-corrected chi connectivity index (χ0v) is 15.3. The van der Waals surface area contributed by atoms with Gasteiger partial charge in [0.05, 0.1) is 17.4 Å². The minimum Gasteiger partial charge on any atom is -0.477 e. The average Bonchev–Trinajstić information content (AvgIpc) is 3.07. The van der Waals surface area contributed by atoms with Crippen LogP contribution in [0.4, 0.5) is 5.69 Å². The molecule has 0 bridgehead atoms. The van der Waals surface area contributed by atoms with Gasteiger partial charge < -0.3 is 10.4 Å². The number of amides is 2. The Morgan fingerprint density at radius 1 is 1.56 bits per heavy atom. The zero-order chi connectivity index (χ0) is 19.9. The summed E-state index contributed by atoms with van der Waals surface area (Å²) in [6, 6.07) is -0.792. The lowest BCUT2D eigenvalue weighted by Crippen LogP contribution is -2.70. The van der Waals surface area contributed by atoms with Gasteiger partial charge in [0.25, 0.3) is 5.91 Å². The number of nitro groups is 1. The van der Waals surface area contributed by atoms with Crippen LogP contribution in [0.5, 0.6) is 0 Å². The van der Waals surface area contributed by atoms with E-state index in [4.69, 9.17) is 0 Å². The topological polar surface area (TPSA) is 148 Å². The third-order valence-corrected chi connectivity index (χ3v) is 5.82. The van der Waals surface area contributed by atoms with E-state index in [-0.39, 0.29) is 17.9 Å². The van der Waals surface area contributed by atoms with Crippen LogP contribution in [-0.2, 0) is 20.9 Å². The van der Waals surface area contributed by atoms with E-state index in [1.54, 1.807) is 13.8 Å².